The molecule has 0 radical (unpaired) electrons. The van der Waals surface area contributed by atoms with Gasteiger partial charge in [-0.05, 0) is 111 Å². The lowest BCUT2D eigenvalue weighted by Crippen LogP contribution is -2.30. The van der Waals surface area contributed by atoms with Crippen LogP contribution in [0, 0.1) is 11.8 Å². The zero-order chi connectivity index (χ0) is 45.6. The standard InChI is InChI=1S/C48H44O18/c49-43(63-33-13-15-41(39(17-33)47(53)61-25-37-23-59-37)65-45(51)29-5-9-31(10-6-29)55-19-35-21-57-35)27-1-2-28(4-3-27)44(50)64-34-14-16-42(40(18-34)48(54)62-26-38-24-60-38)66-46(52)30-7-11-32(12-8-30)56-20-36-22-58-36/h5-18,27-28,35-38H,1-4,19-26H2/t27-,28-,35?,36?,37?,38?. The Morgan fingerprint density at radius 2 is 0.742 bits per heavy atom. The molecule has 0 N–H and O–H groups in total. The molecule has 4 unspecified atom stereocenters. The lowest BCUT2D eigenvalue weighted by atomic mass is 9.82. The van der Waals surface area contributed by atoms with Crippen LogP contribution in [0.25, 0.3) is 0 Å². The molecule has 4 atom stereocenters. The van der Waals surface area contributed by atoms with Crippen LogP contribution in [-0.4, -0.2) is 113 Å². The number of carbonyl (C=O) groups is 6. The van der Waals surface area contributed by atoms with E-state index in [1.807, 2.05) is 0 Å². The number of benzene rings is 4. The van der Waals surface area contributed by atoms with Crippen LogP contribution in [0.15, 0.2) is 84.9 Å². The highest BCUT2D eigenvalue weighted by atomic mass is 16.6. The van der Waals surface area contributed by atoms with Gasteiger partial charge in [0.05, 0.1) is 49.4 Å². The zero-order valence-electron chi connectivity index (χ0n) is 35.4. The summed E-state index contributed by atoms with van der Waals surface area (Å²) in [5.41, 5.74) is 0.133. The van der Waals surface area contributed by atoms with Crippen molar-refractivity contribution in [1.82, 2.24) is 0 Å². The van der Waals surface area contributed by atoms with Gasteiger partial charge >= 0.3 is 35.8 Å². The monoisotopic (exact) mass is 908 g/mol. The smallest absolute Gasteiger partial charge is 0.343 e. The molecule has 18 nitrogen and oxygen atoms in total. The number of carbonyl (C=O) groups excluding carboxylic acids is 6. The van der Waals surface area contributed by atoms with Gasteiger partial charge in [-0.3, -0.25) is 9.59 Å². The number of hydrogen-bond donors (Lipinski definition) is 0. The quantitative estimate of drug-likeness (QED) is 0.0638. The van der Waals surface area contributed by atoms with Crippen molar-refractivity contribution in [3.05, 3.63) is 107 Å². The van der Waals surface area contributed by atoms with Crippen LogP contribution in [0.2, 0.25) is 0 Å². The van der Waals surface area contributed by atoms with Gasteiger partial charge < -0.3 is 56.8 Å². The second-order valence-corrected chi connectivity index (χ2v) is 16.2. The van der Waals surface area contributed by atoms with Crippen LogP contribution in [0.4, 0.5) is 0 Å². The third kappa shape index (κ3) is 12.3. The van der Waals surface area contributed by atoms with E-state index in [4.69, 9.17) is 56.8 Å². The molecule has 1 saturated carbocycles. The summed E-state index contributed by atoms with van der Waals surface area (Å²) in [6.07, 6.45) is 0.858. The molecule has 9 rings (SSSR count). The molecule has 4 aliphatic heterocycles. The summed E-state index contributed by atoms with van der Waals surface area (Å²) in [5, 5.41) is 0. The Labute approximate surface area is 377 Å². The fraction of sp³-hybridized carbons (Fsp3) is 0.375. The van der Waals surface area contributed by atoms with Gasteiger partial charge in [-0.2, -0.15) is 0 Å². The first kappa shape index (κ1) is 44.3. The van der Waals surface area contributed by atoms with E-state index < -0.39 is 47.7 Å². The largest absolute Gasteiger partial charge is 0.491 e. The summed E-state index contributed by atoms with van der Waals surface area (Å²) >= 11 is 0. The van der Waals surface area contributed by atoms with Gasteiger partial charge in [0.2, 0.25) is 0 Å². The molecule has 0 bridgehead atoms. The Morgan fingerprint density at radius 3 is 1.09 bits per heavy atom. The molecule has 1 aliphatic carbocycles. The predicted octanol–water partition coefficient (Wildman–Crippen LogP) is 5.11. The van der Waals surface area contributed by atoms with E-state index in [9.17, 15) is 28.8 Å². The Bertz CT molecular complexity index is 2270. The fourth-order valence-corrected chi connectivity index (χ4v) is 6.83. The number of epoxide rings is 4. The van der Waals surface area contributed by atoms with Crippen LogP contribution in [0.1, 0.15) is 67.1 Å². The number of hydrogen-bond acceptors (Lipinski definition) is 18. The molecule has 66 heavy (non-hydrogen) atoms. The van der Waals surface area contributed by atoms with E-state index in [1.54, 1.807) is 24.3 Å². The third-order valence-corrected chi connectivity index (χ3v) is 11.0. The average molecular weight is 909 g/mol. The minimum absolute atomic E-state index is 0.0102. The minimum atomic E-state index is -0.809. The molecule has 344 valence electrons. The van der Waals surface area contributed by atoms with Gasteiger partial charge in [-0.1, -0.05) is 0 Å². The molecule has 5 aliphatic rings. The van der Waals surface area contributed by atoms with E-state index >= 15 is 0 Å². The second-order valence-electron chi connectivity index (χ2n) is 16.2. The van der Waals surface area contributed by atoms with E-state index in [1.165, 1.54) is 60.7 Å². The molecule has 5 fully saturated rings. The Hall–Kier alpha value is -6.86. The lowest BCUT2D eigenvalue weighted by molar-refractivity contribution is -0.145. The van der Waals surface area contributed by atoms with Crippen molar-refractivity contribution >= 4 is 35.8 Å². The summed E-state index contributed by atoms with van der Waals surface area (Å²) in [6, 6.07) is 20.6. The van der Waals surface area contributed by atoms with Crippen LogP contribution >= 0.6 is 0 Å². The normalized spacial score (nSPS) is 22.1. The second kappa shape index (κ2) is 20.1. The summed E-state index contributed by atoms with van der Waals surface area (Å²) < 4.78 is 65.2. The molecule has 4 saturated heterocycles. The van der Waals surface area contributed by atoms with Gasteiger partial charge in [-0.25, -0.2) is 19.2 Å². The van der Waals surface area contributed by atoms with Crippen LogP contribution < -0.4 is 28.4 Å². The molecule has 0 amide bonds. The maximum absolute atomic E-state index is 13.4. The van der Waals surface area contributed by atoms with Crippen molar-refractivity contribution in [2.24, 2.45) is 11.8 Å². The van der Waals surface area contributed by atoms with Crippen molar-refractivity contribution in [1.29, 1.82) is 0 Å². The molecule has 4 aromatic rings. The third-order valence-electron chi connectivity index (χ3n) is 11.0. The fourth-order valence-electron chi connectivity index (χ4n) is 6.83. The Morgan fingerprint density at radius 1 is 0.409 bits per heavy atom. The van der Waals surface area contributed by atoms with Crippen LogP contribution in [-0.2, 0) is 38.0 Å². The zero-order valence-corrected chi connectivity index (χ0v) is 35.4. The molecule has 4 aromatic carbocycles. The summed E-state index contributed by atoms with van der Waals surface area (Å²) in [7, 11) is 0. The van der Waals surface area contributed by atoms with Crippen molar-refractivity contribution in [2.45, 2.75) is 50.1 Å². The van der Waals surface area contributed by atoms with Gasteiger partial charge in [0.25, 0.3) is 0 Å². The van der Waals surface area contributed by atoms with Crippen molar-refractivity contribution in [3.8, 4) is 34.5 Å². The number of ether oxygens (including phenoxy) is 12. The van der Waals surface area contributed by atoms with Gasteiger partial charge in [-0.15, -0.1) is 0 Å². The van der Waals surface area contributed by atoms with Gasteiger partial charge in [0.15, 0.2) is 0 Å². The molecule has 0 aromatic heterocycles. The van der Waals surface area contributed by atoms with Crippen molar-refractivity contribution in [2.75, 3.05) is 52.9 Å². The summed E-state index contributed by atoms with van der Waals surface area (Å²) in [5.74, 6) is -4.47. The maximum atomic E-state index is 13.4. The average Bonchev–Trinajstić information content (AvgIpc) is 4.12. The highest BCUT2D eigenvalue weighted by Crippen LogP contribution is 2.34. The molecule has 0 spiro atoms. The van der Waals surface area contributed by atoms with E-state index in [2.05, 4.69) is 0 Å². The summed E-state index contributed by atoms with van der Waals surface area (Å²) in [4.78, 5) is 79.4. The summed E-state index contributed by atoms with van der Waals surface area (Å²) in [6.45, 7) is 2.98. The van der Waals surface area contributed by atoms with Gasteiger partial charge in [0.1, 0.15) is 96.5 Å². The Kier molecular flexibility index (Phi) is 13.5. The highest BCUT2D eigenvalue weighted by Gasteiger charge is 2.34. The highest BCUT2D eigenvalue weighted by molar-refractivity contribution is 5.98. The van der Waals surface area contributed by atoms with Crippen LogP contribution in [0.5, 0.6) is 34.5 Å². The predicted molar refractivity (Wildman–Crippen MR) is 223 cm³/mol. The van der Waals surface area contributed by atoms with Crippen molar-refractivity contribution in [3.63, 3.8) is 0 Å². The topological polar surface area (TPSA) is 226 Å². The Balaban J connectivity index is 0.794. The molecular weight excluding hydrogens is 865 g/mol. The van der Waals surface area contributed by atoms with Crippen LogP contribution in [0.3, 0.4) is 0 Å². The SMILES string of the molecule is O=C(Oc1ccc(OC(=O)[C@H]2CC[C@H](C(=O)Oc3ccc(OC(=O)c4ccc(OCC5CO5)cc4)c(C(=O)OCC4CO4)c3)CC2)cc1C(=O)OCC1CO1)c1ccc(OCC2CO2)cc1. The first-order valence-corrected chi connectivity index (χ1v) is 21.5. The first-order chi connectivity index (χ1) is 32.1. The number of rotatable bonds is 20. The first-order valence-electron chi connectivity index (χ1n) is 21.5. The van der Waals surface area contributed by atoms with E-state index in [-0.39, 0.29) is 82.9 Å². The molecule has 4 heterocycles. The lowest BCUT2D eigenvalue weighted by Gasteiger charge is -2.26. The maximum Gasteiger partial charge on any atom is 0.343 e. The van der Waals surface area contributed by atoms with E-state index in [0.717, 1.165) is 0 Å². The number of esters is 6. The van der Waals surface area contributed by atoms with Gasteiger partial charge in [0, 0.05) is 0 Å². The molecule has 18 heteroatoms. The molecular formula is C48H44O18. The van der Waals surface area contributed by atoms with Crippen molar-refractivity contribution < 1.29 is 85.6 Å². The van der Waals surface area contributed by atoms with E-state index in [0.29, 0.717) is 76.8 Å². The minimum Gasteiger partial charge on any atom is -0.491 e.